The molecule has 0 radical (unpaired) electrons. The summed E-state index contributed by atoms with van der Waals surface area (Å²) in [4.78, 5) is 18.7. The molecule has 5 nitrogen and oxygen atoms in total. The largest absolute Gasteiger partial charge is 0.341 e. The van der Waals surface area contributed by atoms with Crippen LogP contribution in [0.1, 0.15) is 43.8 Å². The fourth-order valence-corrected chi connectivity index (χ4v) is 3.18. The third-order valence-electron chi connectivity index (χ3n) is 4.37. The van der Waals surface area contributed by atoms with Gasteiger partial charge in [0.15, 0.2) is 0 Å². The number of carbonyl (C=O) groups excluding carboxylic acids is 1. The fraction of sp³-hybridized carbons (Fsp3) is 0.714. The summed E-state index contributed by atoms with van der Waals surface area (Å²) in [6, 6.07) is -0.129. The Bertz CT molecular complexity index is 444. The number of imidazole rings is 1. The molecule has 5 heteroatoms. The lowest BCUT2D eigenvalue weighted by molar-refractivity contribution is -0.133. The molecule has 3 rings (SSSR count). The van der Waals surface area contributed by atoms with Gasteiger partial charge in [0.25, 0.3) is 0 Å². The lowest BCUT2D eigenvalue weighted by Crippen LogP contribution is -2.34. The van der Waals surface area contributed by atoms with Gasteiger partial charge in [0.1, 0.15) is 6.04 Å². The van der Waals surface area contributed by atoms with Crippen molar-refractivity contribution in [2.45, 2.75) is 38.1 Å². The summed E-state index contributed by atoms with van der Waals surface area (Å²) in [6.07, 6.45) is 7.15. The Morgan fingerprint density at radius 1 is 1.47 bits per heavy atom. The summed E-state index contributed by atoms with van der Waals surface area (Å²) >= 11 is 0. The van der Waals surface area contributed by atoms with E-state index >= 15 is 0 Å². The predicted octanol–water partition coefficient (Wildman–Crippen LogP) is 1.14. The highest BCUT2D eigenvalue weighted by Gasteiger charge is 2.28. The zero-order valence-electron chi connectivity index (χ0n) is 11.5. The van der Waals surface area contributed by atoms with Crippen LogP contribution in [0, 0.1) is 0 Å². The molecular formula is C14H22N4O. The summed E-state index contributed by atoms with van der Waals surface area (Å²) in [7, 11) is 0. The van der Waals surface area contributed by atoms with Crippen LogP contribution >= 0.6 is 0 Å². The normalized spacial score (nSPS) is 24.9. The molecule has 0 spiro atoms. The Balaban J connectivity index is 1.77. The molecule has 0 aliphatic carbocycles. The molecule has 2 aliphatic rings. The monoisotopic (exact) mass is 262 g/mol. The van der Waals surface area contributed by atoms with Crippen LogP contribution in [0.2, 0.25) is 0 Å². The van der Waals surface area contributed by atoms with Gasteiger partial charge in [-0.3, -0.25) is 4.79 Å². The van der Waals surface area contributed by atoms with Crippen LogP contribution in [-0.2, 0) is 4.79 Å². The van der Waals surface area contributed by atoms with E-state index < -0.39 is 0 Å². The molecule has 2 aliphatic heterocycles. The molecule has 19 heavy (non-hydrogen) atoms. The molecule has 1 aromatic heterocycles. The Kier molecular flexibility index (Phi) is 3.55. The van der Waals surface area contributed by atoms with E-state index in [0.29, 0.717) is 5.92 Å². The van der Waals surface area contributed by atoms with Crippen molar-refractivity contribution in [1.29, 1.82) is 0 Å². The van der Waals surface area contributed by atoms with E-state index in [1.807, 2.05) is 24.3 Å². The van der Waals surface area contributed by atoms with Gasteiger partial charge in [0, 0.05) is 37.4 Å². The number of hydrogen-bond donors (Lipinski definition) is 1. The van der Waals surface area contributed by atoms with Crippen molar-refractivity contribution >= 4 is 5.91 Å². The van der Waals surface area contributed by atoms with Gasteiger partial charge in [-0.15, -0.1) is 0 Å². The lowest BCUT2D eigenvalue weighted by atomic mass is 10.0. The second-order valence-corrected chi connectivity index (χ2v) is 5.62. The van der Waals surface area contributed by atoms with Gasteiger partial charge in [-0.1, -0.05) is 0 Å². The number of nitrogens with zero attached hydrogens (tertiary/aromatic N) is 3. The van der Waals surface area contributed by atoms with E-state index in [2.05, 4.69) is 14.9 Å². The van der Waals surface area contributed by atoms with Crippen LogP contribution in [-0.4, -0.2) is 46.5 Å². The Morgan fingerprint density at radius 2 is 2.26 bits per heavy atom. The lowest BCUT2D eigenvalue weighted by Gasteiger charge is -2.23. The molecule has 1 aromatic rings. The van der Waals surface area contributed by atoms with Crippen molar-refractivity contribution < 1.29 is 4.79 Å². The van der Waals surface area contributed by atoms with Crippen LogP contribution in [0.4, 0.5) is 0 Å². The van der Waals surface area contributed by atoms with Crippen molar-refractivity contribution in [3.8, 4) is 0 Å². The molecule has 2 unspecified atom stereocenters. The van der Waals surface area contributed by atoms with Crippen molar-refractivity contribution in [3.63, 3.8) is 0 Å². The topological polar surface area (TPSA) is 50.2 Å². The van der Waals surface area contributed by atoms with E-state index in [9.17, 15) is 4.79 Å². The zero-order chi connectivity index (χ0) is 13.2. The minimum Gasteiger partial charge on any atom is -0.341 e. The SMILES string of the molecule is CC(C(=O)N1CCCC1)n1cncc1C1CCNC1. The second kappa shape index (κ2) is 5.33. The second-order valence-electron chi connectivity index (χ2n) is 5.62. The molecule has 2 saturated heterocycles. The van der Waals surface area contributed by atoms with E-state index in [0.717, 1.165) is 45.4 Å². The molecule has 104 valence electrons. The first-order valence-electron chi connectivity index (χ1n) is 7.28. The molecule has 0 aromatic carbocycles. The number of carbonyl (C=O) groups is 1. The fourth-order valence-electron chi connectivity index (χ4n) is 3.18. The van der Waals surface area contributed by atoms with Gasteiger partial charge in [-0.2, -0.15) is 0 Å². The maximum atomic E-state index is 12.5. The van der Waals surface area contributed by atoms with Crippen molar-refractivity contribution in [2.75, 3.05) is 26.2 Å². The standard InChI is InChI=1S/C14H22N4O/c1-11(14(19)17-6-2-3-7-17)18-10-16-9-13(18)12-4-5-15-8-12/h9-12,15H,2-8H2,1H3. The number of hydrogen-bond acceptors (Lipinski definition) is 3. The van der Waals surface area contributed by atoms with Gasteiger partial charge < -0.3 is 14.8 Å². The molecule has 0 saturated carbocycles. The highest BCUT2D eigenvalue weighted by molar-refractivity contribution is 5.80. The molecule has 0 bridgehead atoms. The summed E-state index contributed by atoms with van der Waals surface area (Å²) in [5, 5.41) is 3.37. The highest BCUT2D eigenvalue weighted by Crippen LogP contribution is 2.25. The molecule has 1 N–H and O–H groups in total. The minimum absolute atomic E-state index is 0.129. The minimum atomic E-state index is -0.129. The van der Waals surface area contributed by atoms with Crippen LogP contribution in [0.3, 0.4) is 0 Å². The van der Waals surface area contributed by atoms with Crippen molar-refractivity contribution in [3.05, 3.63) is 18.2 Å². The van der Waals surface area contributed by atoms with Gasteiger partial charge in [-0.05, 0) is 32.7 Å². The highest BCUT2D eigenvalue weighted by atomic mass is 16.2. The molecule has 2 fully saturated rings. The summed E-state index contributed by atoms with van der Waals surface area (Å²) in [5.41, 5.74) is 1.20. The van der Waals surface area contributed by atoms with Crippen LogP contribution in [0.25, 0.3) is 0 Å². The van der Waals surface area contributed by atoms with Gasteiger partial charge >= 0.3 is 0 Å². The smallest absolute Gasteiger partial charge is 0.245 e. The first kappa shape index (κ1) is 12.7. The average Bonchev–Trinajstić information content (AvgIpc) is 3.15. The van der Waals surface area contributed by atoms with E-state index in [1.165, 1.54) is 5.69 Å². The van der Waals surface area contributed by atoms with Gasteiger partial charge in [-0.25, -0.2) is 4.98 Å². The summed E-state index contributed by atoms with van der Waals surface area (Å²) in [6.45, 7) is 5.88. The average molecular weight is 262 g/mol. The van der Waals surface area contributed by atoms with Gasteiger partial charge in [0.05, 0.1) is 6.33 Å². The Labute approximate surface area is 114 Å². The maximum Gasteiger partial charge on any atom is 0.245 e. The van der Waals surface area contributed by atoms with Crippen molar-refractivity contribution in [1.82, 2.24) is 19.8 Å². The predicted molar refractivity (Wildman–Crippen MR) is 73.0 cm³/mol. The van der Waals surface area contributed by atoms with E-state index in [1.54, 1.807) is 0 Å². The molecule has 2 atom stereocenters. The molecular weight excluding hydrogens is 240 g/mol. The quantitative estimate of drug-likeness (QED) is 0.889. The summed E-state index contributed by atoms with van der Waals surface area (Å²) in [5.74, 6) is 0.735. The first-order chi connectivity index (χ1) is 9.27. The molecule has 1 amide bonds. The third-order valence-corrected chi connectivity index (χ3v) is 4.37. The van der Waals surface area contributed by atoms with Gasteiger partial charge in [0.2, 0.25) is 5.91 Å². The Morgan fingerprint density at radius 3 is 2.95 bits per heavy atom. The van der Waals surface area contributed by atoms with Crippen molar-refractivity contribution in [2.24, 2.45) is 0 Å². The number of amides is 1. The molecule has 3 heterocycles. The number of likely N-dealkylation sites (tertiary alicyclic amines) is 1. The van der Waals surface area contributed by atoms with Crippen LogP contribution in [0.15, 0.2) is 12.5 Å². The van der Waals surface area contributed by atoms with Crippen LogP contribution in [0.5, 0.6) is 0 Å². The maximum absolute atomic E-state index is 12.5. The third kappa shape index (κ3) is 2.39. The van der Waals surface area contributed by atoms with E-state index in [4.69, 9.17) is 0 Å². The number of nitrogens with one attached hydrogen (secondary N) is 1. The Hall–Kier alpha value is -1.36. The van der Waals surface area contributed by atoms with Crippen LogP contribution < -0.4 is 5.32 Å². The number of rotatable bonds is 3. The first-order valence-corrected chi connectivity index (χ1v) is 7.28. The number of aromatic nitrogens is 2. The summed E-state index contributed by atoms with van der Waals surface area (Å²) < 4.78 is 2.07. The zero-order valence-corrected chi connectivity index (χ0v) is 11.5. The van der Waals surface area contributed by atoms with E-state index in [-0.39, 0.29) is 11.9 Å².